The van der Waals surface area contributed by atoms with Crippen LogP contribution in [0.4, 0.5) is 0 Å². The molecule has 0 spiro atoms. The first-order chi connectivity index (χ1) is 8.09. The normalized spacial score (nSPS) is 10.2. The van der Waals surface area contributed by atoms with Gasteiger partial charge in [0.25, 0.3) is 0 Å². The molecule has 0 radical (unpaired) electrons. The van der Waals surface area contributed by atoms with Crippen LogP contribution in [0.25, 0.3) is 16.8 Å². The zero-order chi connectivity index (χ0) is 12.4. The number of hydrogen-bond donors (Lipinski definition) is 0. The number of hydrogen-bond acceptors (Lipinski definition) is 2. The Labute approximate surface area is 101 Å². The van der Waals surface area contributed by atoms with Gasteiger partial charge in [-0.15, -0.1) is 10.2 Å². The lowest BCUT2D eigenvalue weighted by Crippen LogP contribution is -1.98. The maximum absolute atomic E-state index is 4.45. The van der Waals surface area contributed by atoms with Gasteiger partial charge in [0.2, 0.25) is 0 Å². The fourth-order valence-corrected chi connectivity index (χ4v) is 1.56. The highest BCUT2D eigenvalue weighted by Crippen LogP contribution is 2.20. The van der Waals surface area contributed by atoms with E-state index >= 15 is 0 Å². The molecular weight excluding hydrogens is 210 g/mol. The maximum Gasteiger partial charge on any atom is 0.116 e. The fourth-order valence-electron chi connectivity index (χ4n) is 1.56. The molecule has 0 N–H and O–H groups in total. The van der Waals surface area contributed by atoms with E-state index in [0.717, 1.165) is 28.2 Å². The second-order valence-corrected chi connectivity index (χ2v) is 4.08. The Bertz CT molecular complexity index is 533. The van der Waals surface area contributed by atoms with Crippen LogP contribution in [0.1, 0.15) is 25.2 Å². The molecule has 0 saturated heterocycles. The molecule has 0 bridgehead atoms. The number of aromatic nitrogens is 3. The number of allylic oxidation sites excluding steroid dienone is 2. The van der Waals surface area contributed by atoms with Gasteiger partial charge in [-0.2, -0.15) is 4.80 Å². The van der Waals surface area contributed by atoms with E-state index in [1.165, 1.54) is 0 Å². The fraction of sp³-hybridized carbons (Fsp3) is 0.143. The van der Waals surface area contributed by atoms with Crippen LogP contribution in [0.3, 0.4) is 0 Å². The van der Waals surface area contributed by atoms with E-state index in [0.29, 0.717) is 0 Å². The van der Waals surface area contributed by atoms with Gasteiger partial charge in [0.15, 0.2) is 0 Å². The Hall–Kier alpha value is -2.16. The van der Waals surface area contributed by atoms with E-state index in [2.05, 4.69) is 23.4 Å². The molecule has 0 atom stereocenters. The smallest absolute Gasteiger partial charge is 0.116 e. The van der Waals surface area contributed by atoms with Gasteiger partial charge in [-0.25, -0.2) is 0 Å². The summed E-state index contributed by atoms with van der Waals surface area (Å²) < 4.78 is 0. The third-order valence-electron chi connectivity index (χ3n) is 2.41. The van der Waals surface area contributed by atoms with Crippen LogP contribution in [-0.4, -0.2) is 15.0 Å². The SMILES string of the molecule is C=C(C)c1nn(-c2ccccc2)nc1C(=C)C. The molecule has 2 aromatic rings. The zero-order valence-electron chi connectivity index (χ0n) is 10.1. The van der Waals surface area contributed by atoms with Crippen LogP contribution in [0, 0.1) is 0 Å². The van der Waals surface area contributed by atoms with Gasteiger partial charge in [0.1, 0.15) is 11.4 Å². The molecule has 0 saturated carbocycles. The van der Waals surface area contributed by atoms with E-state index in [-0.39, 0.29) is 0 Å². The Kier molecular flexibility index (Phi) is 2.91. The largest absolute Gasteiger partial charge is 0.150 e. The number of para-hydroxylation sites is 1. The molecule has 0 aliphatic heterocycles. The van der Waals surface area contributed by atoms with Crippen molar-refractivity contribution in [3.8, 4) is 5.69 Å². The Morgan fingerprint density at radius 3 is 1.82 bits per heavy atom. The minimum Gasteiger partial charge on any atom is -0.150 e. The standard InChI is InChI=1S/C14H15N3/c1-10(2)13-14(11(3)4)16-17(15-13)12-8-6-5-7-9-12/h5-9H,1,3H2,2,4H3. The Morgan fingerprint density at radius 1 is 0.941 bits per heavy atom. The van der Waals surface area contributed by atoms with Crippen molar-refractivity contribution in [2.24, 2.45) is 0 Å². The van der Waals surface area contributed by atoms with E-state index in [4.69, 9.17) is 0 Å². The number of nitrogens with zero attached hydrogens (tertiary/aromatic N) is 3. The van der Waals surface area contributed by atoms with Crippen molar-refractivity contribution in [1.29, 1.82) is 0 Å². The van der Waals surface area contributed by atoms with Crippen molar-refractivity contribution in [2.75, 3.05) is 0 Å². The van der Waals surface area contributed by atoms with Crippen molar-refractivity contribution in [2.45, 2.75) is 13.8 Å². The van der Waals surface area contributed by atoms with Gasteiger partial charge in [-0.1, -0.05) is 31.4 Å². The Morgan fingerprint density at radius 2 is 1.41 bits per heavy atom. The summed E-state index contributed by atoms with van der Waals surface area (Å²) in [5.74, 6) is 0. The summed E-state index contributed by atoms with van der Waals surface area (Å²) >= 11 is 0. The van der Waals surface area contributed by atoms with Crippen LogP contribution in [0.5, 0.6) is 0 Å². The first kappa shape index (κ1) is 11.3. The van der Waals surface area contributed by atoms with E-state index < -0.39 is 0 Å². The van der Waals surface area contributed by atoms with Crippen molar-refractivity contribution in [1.82, 2.24) is 15.0 Å². The van der Waals surface area contributed by atoms with Crippen LogP contribution in [0.15, 0.2) is 43.5 Å². The first-order valence-corrected chi connectivity index (χ1v) is 5.44. The second-order valence-electron chi connectivity index (χ2n) is 4.08. The first-order valence-electron chi connectivity index (χ1n) is 5.44. The predicted octanol–water partition coefficient (Wildman–Crippen LogP) is 3.33. The monoisotopic (exact) mass is 225 g/mol. The molecule has 1 aromatic heterocycles. The average molecular weight is 225 g/mol. The van der Waals surface area contributed by atoms with Gasteiger partial charge in [0.05, 0.1) is 5.69 Å². The minimum atomic E-state index is 0.807. The highest BCUT2D eigenvalue weighted by Gasteiger charge is 2.12. The molecule has 0 aliphatic rings. The molecule has 1 heterocycles. The predicted molar refractivity (Wildman–Crippen MR) is 70.8 cm³/mol. The van der Waals surface area contributed by atoms with Gasteiger partial charge < -0.3 is 0 Å². The lowest BCUT2D eigenvalue weighted by molar-refractivity contribution is 0.747. The number of rotatable bonds is 3. The molecule has 0 amide bonds. The third-order valence-corrected chi connectivity index (χ3v) is 2.41. The summed E-state index contributed by atoms with van der Waals surface area (Å²) in [6, 6.07) is 9.81. The molecule has 0 unspecified atom stereocenters. The third kappa shape index (κ3) is 2.18. The molecule has 0 aliphatic carbocycles. The Balaban J connectivity index is 2.55. The summed E-state index contributed by atoms with van der Waals surface area (Å²) in [4.78, 5) is 1.62. The molecular formula is C14H15N3. The van der Waals surface area contributed by atoms with Crippen LogP contribution in [-0.2, 0) is 0 Å². The van der Waals surface area contributed by atoms with Crippen molar-refractivity contribution >= 4 is 11.1 Å². The quantitative estimate of drug-likeness (QED) is 0.802. The van der Waals surface area contributed by atoms with Crippen molar-refractivity contribution in [3.05, 3.63) is 54.9 Å². The zero-order valence-corrected chi connectivity index (χ0v) is 10.1. The van der Waals surface area contributed by atoms with Gasteiger partial charge in [-0.05, 0) is 37.1 Å². The molecule has 2 rings (SSSR count). The maximum atomic E-state index is 4.45. The topological polar surface area (TPSA) is 30.7 Å². The van der Waals surface area contributed by atoms with Gasteiger partial charge in [-0.3, -0.25) is 0 Å². The lowest BCUT2D eigenvalue weighted by atomic mass is 10.1. The van der Waals surface area contributed by atoms with Crippen LogP contribution >= 0.6 is 0 Å². The summed E-state index contributed by atoms with van der Waals surface area (Å²) in [7, 11) is 0. The summed E-state index contributed by atoms with van der Waals surface area (Å²) in [5.41, 5.74) is 4.33. The van der Waals surface area contributed by atoms with E-state index in [1.54, 1.807) is 4.80 Å². The minimum absolute atomic E-state index is 0.807. The van der Waals surface area contributed by atoms with Crippen molar-refractivity contribution in [3.63, 3.8) is 0 Å². The van der Waals surface area contributed by atoms with Gasteiger partial charge in [0, 0.05) is 0 Å². The van der Waals surface area contributed by atoms with Crippen LogP contribution in [0.2, 0.25) is 0 Å². The highest BCUT2D eigenvalue weighted by atomic mass is 15.5. The summed E-state index contributed by atoms with van der Waals surface area (Å²) in [5, 5.41) is 8.89. The van der Waals surface area contributed by atoms with Crippen LogP contribution < -0.4 is 0 Å². The number of benzene rings is 1. The van der Waals surface area contributed by atoms with Crippen molar-refractivity contribution < 1.29 is 0 Å². The molecule has 86 valence electrons. The summed E-state index contributed by atoms with van der Waals surface area (Å²) in [6.45, 7) is 11.7. The van der Waals surface area contributed by atoms with Gasteiger partial charge >= 0.3 is 0 Å². The van der Waals surface area contributed by atoms with E-state index in [1.807, 2.05) is 44.2 Å². The lowest BCUT2D eigenvalue weighted by Gasteiger charge is -1.97. The molecule has 0 fully saturated rings. The molecule has 17 heavy (non-hydrogen) atoms. The molecule has 1 aromatic carbocycles. The average Bonchev–Trinajstić information content (AvgIpc) is 2.75. The molecule has 3 nitrogen and oxygen atoms in total. The second kappa shape index (κ2) is 4.37. The summed E-state index contributed by atoms with van der Waals surface area (Å²) in [6.07, 6.45) is 0. The van der Waals surface area contributed by atoms with E-state index in [9.17, 15) is 0 Å². The molecule has 3 heteroatoms. The highest BCUT2D eigenvalue weighted by molar-refractivity contribution is 5.71.